The number of carbonyl (C=O) groups excluding carboxylic acids is 2. The summed E-state index contributed by atoms with van der Waals surface area (Å²) in [6, 6.07) is 22.1. The highest BCUT2D eigenvalue weighted by molar-refractivity contribution is 9.10. The van der Waals surface area contributed by atoms with Crippen LogP contribution in [-0.4, -0.2) is 23.3 Å². The minimum absolute atomic E-state index is 0.0236. The van der Waals surface area contributed by atoms with E-state index in [1.165, 1.54) is 4.90 Å². The molecule has 1 aliphatic heterocycles. The molecule has 0 bridgehead atoms. The van der Waals surface area contributed by atoms with Crippen LogP contribution in [0.25, 0.3) is 11.1 Å². The lowest BCUT2D eigenvalue weighted by Gasteiger charge is -2.22. The summed E-state index contributed by atoms with van der Waals surface area (Å²) in [4.78, 5) is 27.3. The maximum absolute atomic E-state index is 13.0. The number of terminal acetylenes is 1. The SMILES string of the molecule is C#CCN1C(=O)[C@](O)(CC(=O)c2ccc(-c3ccccc3)cc2)c2cc(Br)ccc21. The maximum Gasteiger partial charge on any atom is 0.265 e. The van der Waals surface area contributed by atoms with Gasteiger partial charge in [-0.05, 0) is 29.3 Å². The summed E-state index contributed by atoms with van der Waals surface area (Å²) in [5.41, 5.74) is 1.41. The molecule has 0 saturated heterocycles. The molecule has 30 heavy (non-hydrogen) atoms. The van der Waals surface area contributed by atoms with Gasteiger partial charge >= 0.3 is 0 Å². The number of anilines is 1. The number of aliphatic hydroxyl groups is 1. The number of hydrogen-bond acceptors (Lipinski definition) is 3. The van der Waals surface area contributed by atoms with Crippen molar-refractivity contribution in [2.24, 2.45) is 0 Å². The first kappa shape index (κ1) is 20.1. The van der Waals surface area contributed by atoms with E-state index in [4.69, 9.17) is 6.42 Å². The van der Waals surface area contributed by atoms with Crippen LogP contribution in [0.15, 0.2) is 77.3 Å². The van der Waals surface area contributed by atoms with E-state index in [1.54, 1.807) is 30.3 Å². The van der Waals surface area contributed by atoms with Gasteiger partial charge in [-0.2, -0.15) is 0 Å². The molecule has 1 amide bonds. The third-order valence-electron chi connectivity index (χ3n) is 5.27. The van der Waals surface area contributed by atoms with E-state index in [0.717, 1.165) is 11.1 Å². The van der Waals surface area contributed by atoms with E-state index >= 15 is 0 Å². The van der Waals surface area contributed by atoms with Crippen molar-refractivity contribution in [3.05, 3.63) is 88.4 Å². The van der Waals surface area contributed by atoms with Crippen LogP contribution >= 0.6 is 15.9 Å². The molecule has 0 unspecified atom stereocenters. The molecule has 1 N–H and O–H groups in total. The summed E-state index contributed by atoms with van der Waals surface area (Å²) in [6.45, 7) is 0.0236. The number of Topliss-reactive ketones (excluding diaryl/α,β-unsaturated/α-hetero) is 1. The molecule has 5 heteroatoms. The minimum atomic E-state index is -1.95. The average Bonchev–Trinajstić information content (AvgIpc) is 2.96. The Kier molecular flexibility index (Phi) is 5.29. The first-order valence-corrected chi connectivity index (χ1v) is 10.2. The molecule has 3 aromatic carbocycles. The Morgan fingerprint density at radius 2 is 1.70 bits per heavy atom. The fourth-order valence-electron chi connectivity index (χ4n) is 3.76. The maximum atomic E-state index is 13.0. The van der Waals surface area contributed by atoms with Crippen LogP contribution in [0, 0.1) is 12.3 Å². The van der Waals surface area contributed by atoms with Crippen LogP contribution in [0.5, 0.6) is 0 Å². The number of nitrogens with zero attached hydrogens (tertiary/aromatic N) is 1. The molecule has 1 aliphatic rings. The lowest BCUT2D eigenvalue weighted by molar-refractivity contribution is -0.135. The van der Waals surface area contributed by atoms with Gasteiger partial charge in [-0.1, -0.05) is 76.4 Å². The third kappa shape index (κ3) is 3.45. The first-order valence-electron chi connectivity index (χ1n) is 9.40. The Morgan fingerprint density at radius 1 is 1.03 bits per heavy atom. The van der Waals surface area contributed by atoms with Crippen molar-refractivity contribution in [1.82, 2.24) is 0 Å². The lowest BCUT2D eigenvalue weighted by Crippen LogP contribution is -2.42. The average molecular weight is 460 g/mol. The number of fused-ring (bicyclic) bond motifs is 1. The number of hydrogen-bond donors (Lipinski definition) is 1. The van der Waals surface area contributed by atoms with Gasteiger partial charge in [0.25, 0.3) is 5.91 Å². The Bertz CT molecular complexity index is 1170. The van der Waals surface area contributed by atoms with E-state index < -0.39 is 11.5 Å². The van der Waals surface area contributed by atoms with Crippen molar-refractivity contribution in [2.45, 2.75) is 12.0 Å². The summed E-state index contributed by atoms with van der Waals surface area (Å²) in [5, 5.41) is 11.3. The zero-order valence-electron chi connectivity index (χ0n) is 16.0. The smallest absolute Gasteiger partial charge is 0.265 e. The van der Waals surface area contributed by atoms with Gasteiger partial charge in [0.15, 0.2) is 11.4 Å². The molecule has 1 heterocycles. The molecule has 148 valence electrons. The van der Waals surface area contributed by atoms with Crippen LogP contribution in [0.4, 0.5) is 5.69 Å². The van der Waals surface area contributed by atoms with Crippen LogP contribution < -0.4 is 4.90 Å². The predicted molar refractivity (Wildman–Crippen MR) is 120 cm³/mol. The molecule has 0 aromatic heterocycles. The number of benzene rings is 3. The number of amides is 1. The molecule has 0 aliphatic carbocycles. The second-order valence-electron chi connectivity index (χ2n) is 7.16. The number of halogens is 1. The summed E-state index contributed by atoms with van der Waals surface area (Å²) in [7, 11) is 0. The number of carbonyl (C=O) groups is 2. The second kappa shape index (κ2) is 7.91. The zero-order chi connectivity index (χ0) is 21.3. The van der Waals surface area contributed by atoms with Crippen molar-refractivity contribution in [1.29, 1.82) is 0 Å². The van der Waals surface area contributed by atoms with E-state index in [0.29, 0.717) is 21.3 Å². The van der Waals surface area contributed by atoms with Crippen molar-refractivity contribution in [3.63, 3.8) is 0 Å². The van der Waals surface area contributed by atoms with Crippen molar-refractivity contribution in [3.8, 4) is 23.5 Å². The molecule has 0 fully saturated rings. The first-order chi connectivity index (χ1) is 14.4. The van der Waals surface area contributed by atoms with Gasteiger partial charge in [0, 0.05) is 15.6 Å². The molecular weight excluding hydrogens is 442 g/mol. The van der Waals surface area contributed by atoms with Gasteiger partial charge < -0.3 is 5.11 Å². The minimum Gasteiger partial charge on any atom is -0.375 e. The van der Waals surface area contributed by atoms with Gasteiger partial charge in [-0.3, -0.25) is 14.5 Å². The van der Waals surface area contributed by atoms with E-state index in [-0.39, 0.29) is 18.7 Å². The topological polar surface area (TPSA) is 57.6 Å². The second-order valence-corrected chi connectivity index (χ2v) is 8.08. The van der Waals surface area contributed by atoms with E-state index in [2.05, 4.69) is 21.9 Å². The van der Waals surface area contributed by atoms with E-state index in [9.17, 15) is 14.7 Å². The fourth-order valence-corrected chi connectivity index (χ4v) is 4.12. The molecular formula is C25H18BrNO3. The molecule has 0 saturated carbocycles. The Balaban J connectivity index is 1.63. The van der Waals surface area contributed by atoms with Crippen LogP contribution in [0.1, 0.15) is 22.3 Å². The standard InChI is InChI=1S/C25H18BrNO3/c1-2-14-27-22-13-12-20(26)15-21(22)25(30,24(27)29)16-23(28)19-10-8-18(9-11-19)17-6-4-3-5-7-17/h1,3-13,15,30H,14,16H2/t25-/m0/s1. The van der Waals surface area contributed by atoms with Crippen LogP contribution in [-0.2, 0) is 10.4 Å². The van der Waals surface area contributed by atoms with Gasteiger partial charge in [0.05, 0.1) is 18.7 Å². The Morgan fingerprint density at radius 3 is 2.37 bits per heavy atom. The lowest BCUT2D eigenvalue weighted by atomic mass is 9.88. The molecule has 4 nitrogen and oxygen atoms in total. The van der Waals surface area contributed by atoms with Crippen molar-refractivity contribution >= 4 is 33.3 Å². The monoisotopic (exact) mass is 459 g/mol. The molecule has 1 atom stereocenters. The quantitative estimate of drug-likeness (QED) is 0.449. The Labute approximate surface area is 183 Å². The molecule has 0 radical (unpaired) electrons. The van der Waals surface area contributed by atoms with E-state index in [1.807, 2.05) is 42.5 Å². The number of ketones is 1. The summed E-state index contributed by atoms with van der Waals surface area (Å²) in [6.07, 6.45) is 5.04. The zero-order valence-corrected chi connectivity index (χ0v) is 17.6. The summed E-state index contributed by atoms with van der Waals surface area (Å²) in [5.74, 6) is 1.54. The third-order valence-corrected chi connectivity index (χ3v) is 5.77. The predicted octanol–water partition coefficient (Wildman–Crippen LogP) is 4.56. The molecule has 3 aromatic rings. The van der Waals surface area contributed by atoms with Gasteiger partial charge in [0.1, 0.15) is 0 Å². The summed E-state index contributed by atoms with van der Waals surface area (Å²) < 4.78 is 0.703. The highest BCUT2D eigenvalue weighted by Crippen LogP contribution is 2.44. The Hall–Kier alpha value is -3.20. The van der Waals surface area contributed by atoms with Crippen LogP contribution in [0.2, 0.25) is 0 Å². The van der Waals surface area contributed by atoms with Gasteiger partial charge in [0.2, 0.25) is 0 Å². The molecule has 4 rings (SSSR count). The fraction of sp³-hybridized carbons (Fsp3) is 0.120. The van der Waals surface area contributed by atoms with Crippen LogP contribution in [0.3, 0.4) is 0 Å². The highest BCUT2D eigenvalue weighted by atomic mass is 79.9. The normalized spacial score (nSPS) is 17.5. The molecule has 0 spiro atoms. The van der Waals surface area contributed by atoms with Crippen molar-refractivity contribution < 1.29 is 14.7 Å². The number of rotatable bonds is 5. The summed E-state index contributed by atoms with van der Waals surface area (Å²) >= 11 is 3.37. The highest BCUT2D eigenvalue weighted by Gasteiger charge is 2.50. The van der Waals surface area contributed by atoms with Crippen molar-refractivity contribution in [2.75, 3.05) is 11.4 Å². The van der Waals surface area contributed by atoms with Gasteiger partial charge in [-0.15, -0.1) is 6.42 Å². The van der Waals surface area contributed by atoms with Gasteiger partial charge in [-0.25, -0.2) is 0 Å². The largest absolute Gasteiger partial charge is 0.375 e.